The Morgan fingerprint density at radius 3 is 2.47 bits per heavy atom. The molecule has 110 valence electrons. The van der Waals surface area contributed by atoms with Gasteiger partial charge in [-0.3, -0.25) is 4.57 Å². The van der Waals surface area contributed by atoms with E-state index in [9.17, 15) is 13.9 Å². The fraction of sp³-hybridized carbons (Fsp3) is 0.444. The topological polar surface area (TPSA) is 119 Å². The van der Waals surface area contributed by atoms with Crippen LogP contribution in [-0.2, 0) is 28.6 Å². The minimum absolute atomic E-state index is 0. The van der Waals surface area contributed by atoms with E-state index in [1.54, 1.807) is 23.0 Å². The number of nitrogens with zero attached hydrogens (tertiary/aromatic N) is 1. The van der Waals surface area contributed by atoms with Gasteiger partial charge in [0.15, 0.2) is 23.5 Å². The highest BCUT2D eigenvalue weighted by Crippen LogP contribution is 2.51. The van der Waals surface area contributed by atoms with Gasteiger partial charge in [-0.15, -0.1) is 0 Å². The van der Waals surface area contributed by atoms with Crippen LogP contribution in [0.5, 0.6) is 0 Å². The lowest BCUT2D eigenvalue weighted by atomic mass is 10.2. The van der Waals surface area contributed by atoms with E-state index in [4.69, 9.17) is 14.3 Å². The zero-order chi connectivity index (χ0) is 14.0. The first-order valence-electron chi connectivity index (χ1n) is 5.07. The first kappa shape index (κ1) is 19.1. The molecule has 0 saturated heterocycles. The molecule has 0 radical (unpaired) electrons. The Kier molecular flexibility index (Phi) is 7.24. The Morgan fingerprint density at radius 1 is 1.47 bits per heavy atom. The number of aliphatic hydroxyl groups is 1. The summed E-state index contributed by atoms with van der Waals surface area (Å²) in [5.74, 6) is 0. The van der Waals surface area contributed by atoms with Crippen LogP contribution in [0.1, 0.15) is 12.5 Å². The second kappa shape index (κ2) is 7.21. The van der Waals surface area contributed by atoms with Crippen LogP contribution in [0.25, 0.3) is 0 Å². The third-order valence-electron chi connectivity index (χ3n) is 2.45. The van der Waals surface area contributed by atoms with Crippen molar-refractivity contribution in [1.29, 1.82) is 0 Å². The standard InChI is InChI=1S/C9H14NO6PS.HI/c1-2-10-5-3-4-8(7-10)6-9(11,18(15)16)17(12,13)14;/h3-5,7,11H,2,6H2,1H3,(H2-,12,13,14,15,16);1H. The fourth-order valence-electron chi connectivity index (χ4n) is 1.41. The summed E-state index contributed by atoms with van der Waals surface area (Å²) in [5, 5.41) is 9.72. The van der Waals surface area contributed by atoms with Crippen LogP contribution >= 0.6 is 7.60 Å². The molecular formula is C9H15INO6PS. The van der Waals surface area contributed by atoms with Crippen molar-refractivity contribution in [1.82, 2.24) is 0 Å². The zero-order valence-electron chi connectivity index (χ0n) is 10.0. The molecule has 0 aliphatic carbocycles. The van der Waals surface area contributed by atoms with Crippen molar-refractivity contribution >= 4 is 18.7 Å². The maximum absolute atomic E-state index is 11.1. The molecule has 1 heterocycles. The largest absolute Gasteiger partial charge is 1.00 e. The van der Waals surface area contributed by atoms with Crippen LogP contribution in [0.3, 0.4) is 0 Å². The summed E-state index contributed by atoms with van der Waals surface area (Å²) < 4.78 is 29.8. The number of pyridine rings is 1. The van der Waals surface area contributed by atoms with E-state index < -0.39 is 29.8 Å². The summed E-state index contributed by atoms with van der Waals surface area (Å²) in [6.07, 6.45) is 2.67. The highest BCUT2D eigenvalue weighted by Gasteiger charge is 2.51. The minimum atomic E-state index is -5.14. The van der Waals surface area contributed by atoms with Crippen molar-refractivity contribution in [2.75, 3.05) is 0 Å². The Bertz CT molecular complexity index is 509. The molecule has 0 spiro atoms. The number of hydrogen-bond acceptors (Lipinski definition) is 3. The van der Waals surface area contributed by atoms with Gasteiger partial charge in [-0.25, -0.2) is 8.78 Å². The van der Waals surface area contributed by atoms with Crippen molar-refractivity contribution in [3.05, 3.63) is 30.1 Å². The van der Waals surface area contributed by atoms with Gasteiger partial charge in [-0.2, -0.15) is 0 Å². The van der Waals surface area contributed by atoms with Crippen molar-refractivity contribution < 1.29 is 56.8 Å². The SMILES string of the molecule is CC[n+]1cccc(CC(O)(S(=O)O)P(=O)(O)O)c1.[I-]. The number of hydrogen-bond donors (Lipinski definition) is 4. The van der Waals surface area contributed by atoms with E-state index in [1.807, 2.05) is 6.92 Å². The van der Waals surface area contributed by atoms with Gasteiger partial charge >= 0.3 is 7.60 Å². The van der Waals surface area contributed by atoms with Crippen LogP contribution < -0.4 is 28.5 Å². The molecule has 4 N–H and O–H groups in total. The molecule has 0 aliphatic heterocycles. The zero-order valence-corrected chi connectivity index (χ0v) is 13.9. The monoisotopic (exact) mass is 423 g/mol. The highest BCUT2D eigenvalue weighted by molar-refractivity contribution is 7.89. The molecule has 1 rings (SSSR count). The molecule has 0 saturated carbocycles. The van der Waals surface area contributed by atoms with Gasteiger partial charge in [0, 0.05) is 18.1 Å². The molecule has 0 amide bonds. The maximum Gasteiger partial charge on any atom is 0.372 e. The lowest BCUT2D eigenvalue weighted by Gasteiger charge is -2.24. The molecule has 0 fully saturated rings. The van der Waals surface area contributed by atoms with Crippen molar-refractivity contribution in [2.45, 2.75) is 24.6 Å². The summed E-state index contributed by atoms with van der Waals surface area (Å²) in [7, 11) is -5.14. The summed E-state index contributed by atoms with van der Waals surface area (Å²) in [5.41, 5.74) is 0.354. The van der Waals surface area contributed by atoms with E-state index in [1.165, 1.54) is 6.07 Å². The quantitative estimate of drug-likeness (QED) is 0.170. The van der Waals surface area contributed by atoms with Gasteiger partial charge in [0.1, 0.15) is 6.54 Å². The molecular weight excluding hydrogens is 408 g/mol. The van der Waals surface area contributed by atoms with Gasteiger partial charge < -0.3 is 43.4 Å². The van der Waals surface area contributed by atoms with Gasteiger partial charge in [-0.05, 0) is 13.0 Å². The van der Waals surface area contributed by atoms with Crippen molar-refractivity contribution in [2.24, 2.45) is 0 Å². The number of rotatable bonds is 5. The Morgan fingerprint density at radius 2 is 2.05 bits per heavy atom. The predicted molar refractivity (Wildman–Crippen MR) is 63.8 cm³/mol. The van der Waals surface area contributed by atoms with E-state index in [0.717, 1.165) is 0 Å². The third kappa shape index (κ3) is 4.55. The van der Waals surface area contributed by atoms with Crippen LogP contribution in [0.4, 0.5) is 0 Å². The summed E-state index contributed by atoms with van der Waals surface area (Å²) in [4.78, 5) is 18.0. The molecule has 7 nitrogen and oxygen atoms in total. The maximum atomic E-state index is 11.1. The molecule has 2 unspecified atom stereocenters. The average molecular weight is 423 g/mol. The Labute approximate surface area is 130 Å². The fourth-order valence-corrected chi connectivity index (χ4v) is 2.90. The van der Waals surface area contributed by atoms with Crippen LogP contribution in [0.2, 0.25) is 0 Å². The second-order valence-electron chi connectivity index (χ2n) is 3.76. The normalized spacial score (nSPS) is 16.3. The first-order valence-corrected chi connectivity index (χ1v) is 7.79. The molecule has 1 aromatic heterocycles. The van der Waals surface area contributed by atoms with Crippen molar-refractivity contribution in [3.63, 3.8) is 0 Å². The molecule has 2 atom stereocenters. The van der Waals surface area contributed by atoms with Crippen LogP contribution in [0.15, 0.2) is 24.5 Å². The lowest BCUT2D eigenvalue weighted by molar-refractivity contribution is -0.694. The first-order chi connectivity index (χ1) is 8.20. The Balaban J connectivity index is 0.00000324. The second-order valence-corrected chi connectivity index (χ2v) is 7.06. The number of aromatic nitrogens is 1. The van der Waals surface area contributed by atoms with Crippen LogP contribution in [0, 0.1) is 0 Å². The highest BCUT2D eigenvalue weighted by atomic mass is 127. The van der Waals surface area contributed by atoms with Gasteiger partial charge in [0.25, 0.3) is 4.67 Å². The summed E-state index contributed by atoms with van der Waals surface area (Å²) in [6.45, 7) is 2.49. The summed E-state index contributed by atoms with van der Waals surface area (Å²) >= 11 is -3.06. The van der Waals surface area contributed by atoms with E-state index >= 15 is 0 Å². The predicted octanol–water partition coefficient (Wildman–Crippen LogP) is -3.41. The smallest absolute Gasteiger partial charge is 0.372 e. The molecule has 0 aromatic carbocycles. The number of halogens is 1. The third-order valence-corrected chi connectivity index (χ3v) is 5.41. The Hall–Kier alpha value is 0.1000. The number of aryl methyl sites for hydroxylation is 1. The molecule has 0 bridgehead atoms. The summed E-state index contributed by atoms with van der Waals surface area (Å²) in [6, 6.07) is 3.14. The molecule has 10 heteroatoms. The van der Waals surface area contributed by atoms with Crippen LogP contribution in [-0.4, -0.2) is 28.3 Å². The molecule has 1 aromatic rings. The van der Waals surface area contributed by atoms with Crippen molar-refractivity contribution in [3.8, 4) is 0 Å². The molecule has 19 heavy (non-hydrogen) atoms. The minimum Gasteiger partial charge on any atom is -1.00 e. The van der Waals surface area contributed by atoms with E-state index in [-0.39, 0.29) is 24.0 Å². The van der Waals surface area contributed by atoms with Gasteiger partial charge in [-0.1, -0.05) is 0 Å². The van der Waals surface area contributed by atoms with E-state index in [2.05, 4.69) is 0 Å². The van der Waals surface area contributed by atoms with Gasteiger partial charge in [0.2, 0.25) is 0 Å². The van der Waals surface area contributed by atoms with Gasteiger partial charge in [0.05, 0.1) is 0 Å². The van der Waals surface area contributed by atoms with E-state index in [0.29, 0.717) is 12.1 Å². The lowest BCUT2D eigenvalue weighted by Crippen LogP contribution is -3.00. The average Bonchev–Trinajstić information content (AvgIpc) is 2.27. The molecule has 0 aliphatic rings.